The predicted molar refractivity (Wildman–Crippen MR) is 156 cm³/mol. The van der Waals surface area contributed by atoms with E-state index in [1.54, 1.807) is 23.9 Å². The van der Waals surface area contributed by atoms with Crippen molar-refractivity contribution in [2.45, 2.75) is 56.7 Å². The summed E-state index contributed by atoms with van der Waals surface area (Å²) in [6, 6.07) is 22.5. The van der Waals surface area contributed by atoms with Gasteiger partial charge in [0.2, 0.25) is 11.8 Å². The SMILES string of the molecule is CC(=O)Nc1ccc(SCC2OC(c3ccc(NC(=O)CCC(=O)O)cc3)OC(c3ccc(CO)cc3)C2C)cc1. The first-order valence-corrected chi connectivity index (χ1v) is 14.3. The first-order chi connectivity index (χ1) is 19.7. The summed E-state index contributed by atoms with van der Waals surface area (Å²) in [4.78, 5) is 35.1. The number of rotatable bonds is 11. The van der Waals surface area contributed by atoms with Crippen LogP contribution in [0.15, 0.2) is 77.7 Å². The topological polar surface area (TPSA) is 134 Å². The van der Waals surface area contributed by atoms with Crippen molar-refractivity contribution >= 4 is 40.9 Å². The maximum Gasteiger partial charge on any atom is 0.303 e. The fourth-order valence-electron chi connectivity index (χ4n) is 4.49. The fourth-order valence-corrected chi connectivity index (χ4v) is 5.56. The minimum atomic E-state index is -1.02. The van der Waals surface area contributed by atoms with E-state index < -0.39 is 12.3 Å². The molecule has 1 saturated heterocycles. The van der Waals surface area contributed by atoms with Crippen LogP contribution in [-0.2, 0) is 30.5 Å². The molecule has 1 fully saturated rings. The van der Waals surface area contributed by atoms with Crippen LogP contribution in [0.1, 0.15) is 55.8 Å². The zero-order valence-corrected chi connectivity index (χ0v) is 23.7. The Morgan fingerprint density at radius 1 is 0.829 bits per heavy atom. The van der Waals surface area contributed by atoms with Crippen molar-refractivity contribution in [3.8, 4) is 0 Å². The van der Waals surface area contributed by atoms with Crippen LogP contribution in [0.5, 0.6) is 0 Å². The van der Waals surface area contributed by atoms with Gasteiger partial charge in [0.15, 0.2) is 6.29 Å². The molecule has 0 aromatic heterocycles. The summed E-state index contributed by atoms with van der Waals surface area (Å²) in [5.74, 6) is -0.819. The van der Waals surface area contributed by atoms with Crippen LogP contribution in [0.4, 0.5) is 11.4 Å². The highest BCUT2D eigenvalue weighted by molar-refractivity contribution is 7.99. The summed E-state index contributed by atoms with van der Waals surface area (Å²) in [7, 11) is 0. The summed E-state index contributed by atoms with van der Waals surface area (Å²) < 4.78 is 13.0. The number of aliphatic carboxylic acids is 1. The van der Waals surface area contributed by atoms with Gasteiger partial charge in [-0.1, -0.05) is 43.3 Å². The Balaban J connectivity index is 1.49. The number of aliphatic hydroxyl groups is 1. The van der Waals surface area contributed by atoms with Crippen molar-refractivity contribution < 1.29 is 34.1 Å². The number of hydrogen-bond acceptors (Lipinski definition) is 7. The van der Waals surface area contributed by atoms with Gasteiger partial charge in [0.25, 0.3) is 0 Å². The van der Waals surface area contributed by atoms with Gasteiger partial charge in [-0.2, -0.15) is 0 Å². The second-order valence-electron chi connectivity index (χ2n) is 9.90. The Labute approximate surface area is 243 Å². The number of anilines is 2. The van der Waals surface area contributed by atoms with E-state index in [1.807, 2.05) is 60.7 Å². The van der Waals surface area contributed by atoms with Gasteiger partial charge < -0.3 is 30.3 Å². The first kappa shape index (κ1) is 30.3. The summed E-state index contributed by atoms with van der Waals surface area (Å²) in [6.45, 7) is 3.54. The summed E-state index contributed by atoms with van der Waals surface area (Å²) in [6.07, 6.45) is -1.41. The number of carbonyl (C=O) groups excluding carboxylic acids is 2. The minimum Gasteiger partial charge on any atom is -0.481 e. The molecule has 4 unspecified atom stereocenters. The van der Waals surface area contributed by atoms with Crippen molar-refractivity contribution in [1.82, 2.24) is 0 Å². The molecule has 1 aliphatic rings. The van der Waals surface area contributed by atoms with Crippen molar-refractivity contribution in [3.63, 3.8) is 0 Å². The molecule has 3 aromatic carbocycles. The lowest BCUT2D eigenvalue weighted by Crippen LogP contribution is -2.38. The Morgan fingerprint density at radius 2 is 1.44 bits per heavy atom. The highest BCUT2D eigenvalue weighted by Crippen LogP contribution is 2.43. The van der Waals surface area contributed by atoms with Gasteiger partial charge in [-0.3, -0.25) is 14.4 Å². The Kier molecular flexibility index (Phi) is 10.5. The minimum absolute atomic E-state index is 0.0187. The van der Waals surface area contributed by atoms with Crippen LogP contribution in [0.2, 0.25) is 0 Å². The van der Waals surface area contributed by atoms with Crippen LogP contribution in [0.25, 0.3) is 0 Å². The largest absolute Gasteiger partial charge is 0.481 e. The number of hydrogen-bond donors (Lipinski definition) is 4. The highest BCUT2D eigenvalue weighted by atomic mass is 32.2. The summed E-state index contributed by atoms with van der Waals surface area (Å²) >= 11 is 1.66. The number of nitrogens with one attached hydrogen (secondary N) is 2. The molecule has 216 valence electrons. The van der Waals surface area contributed by atoms with E-state index in [2.05, 4.69) is 17.6 Å². The number of aliphatic hydroxyl groups excluding tert-OH is 1. The zero-order chi connectivity index (χ0) is 29.4. The van der Waals surface area contributed by atoms with Gasteiger partial charge in [0.1, 0.15) is 0 Å². The second-order valence-corrected chi connectivity index (χ2v) is 11.0. The average Bonchev–Trinajstić information content (AvgIpc) is 2.96. The lowest BCUT2D eigenvalue weighted by atomic mass is 9.91. The van der Waals surface area contributed by atoms with Crippen molar-refractivity contribution in [1.29, 1.82) is 0 Å². The number of carboxylic acids is 1. The molecule has 4 atom stereocenters. The second kappa shape index (κ2) is 14.3. The molecule has 4 rings (SSSR count). The van der Waals surface area contributed by atoms with Crippen molar-refractivity contribution in [2.75, 3.05) is 16.4 Å². The molecule has 0 spiro atoms. The molecular formula is C31H34N2O7S. The molecule has 0 aliphatic carbocycles. The molecule has 0 bridgehead atoms. The van der Waals surface area contributed by atoms with Gasteiger partial charge in [-0.15, -0.1) is 11.8 Å². The van der Waals surface area contributed by atoms with E-state index in [-0.39, 0.29) is 49.4 Å². The number of carbonyl (C=O) groups is 3. The molecule has 0 radical (unpaired) electrons. The molecule has 4 N–H and O–H groups in total. The maximum absolute atomic E-state index is 12.0. The molecule has 9 nitrogen and oxygen atoms in total. The van der Waals surface area contributed by atoms with E-state index in [9.17, 15) is 19.5 Å². The van der Waals surface area contributed by atoms with Gasteiger partial charge >= 0.3 is 5.97 Å². The number of thioether (sulfide) groups is 1. The highest BCUT2D eigenvalue weighted by Gasteiger charge is 2.38. The van der Waals surface area contributed by atoms with E-state index in [0.717, 1.165) is 27.3 Å². The lowest BCUT2D eigenvalue weighted by molar-refractivity contribution is -0.268. The molecule has 2 amide bonds. The Morgan fingerprint density at radius 3 is 2.05 bits per heavy atom. The van der Waals surface area contributed by atoms with Crippen molar-refractivity contribution in [2.24, 2.45) is 5.92 Å². The predicted octanol–water partition coefficient (Wildman–Crippen LogP) is 5.52. The summed E-state index contributed by atoms with van der Waals surface area (Å²) in [5, 5.41) is 23.7. The number of carboxylic acid groups (broad SMARTS) is 1. The fraction of sp³-hybridized carbons (Fsp3) is 0.323. The monoisotopic (exact) mass is 578 g/mol. The number of ether oxygens (including phenoxy) is 2. The molecular weight excluding hydrogens is 544 g/mol. The lowest BCUT2D eigenvalue weighted by Gasteiger charge is -2.41. The molecule has 3 aromatic rings. The standard InChI is InChI=1S/C31H34N2O7S/c1-19-27(18-41-26-13-11-24(12-14-26)32-20(2)35)39-31(40-30(19)22-5-3-21(17-34)4-6-22)23-7-9-25(10-8-23)33-28(36)15-16-29(37)38/h3-14,19,27,30-31,34H,15-18H2,1-2H3,(H,32,35)(H,33,36)(H,37,38). The number of amides is 2. The normalized spacial score (nSPS) is 20.3. The van der Waals surface area contributed by atoms with Crippen LogP contribution in [0.3, 0.4) is 0 Å². The summed E-state index contributed by atoms with van der Waals surface area (Å²) in [5.41, 5.74) is 3.89. The molecule has 0 saturated carbocycles. The Hall–Kier alpha value is -3.70. The van der Waals surface area contributed by atoms with E-state index in [1.165, 1.54) is 6.92 Å². The zero-order valence-electron chi connectivity index (χ0n) is 22.9. The smallest absolute Gasteiger partial charge is 0.303 e. The average molecular weight is 579 g/mol. The van der Waals surface area contributed by atoms with Crippen LogP contribution >= 0.6 is 11.8 Å². The van der Waals surface area contributed by atoms with Crippen molar-refractivity contribution in [3.05, 3.63) is 89.5 Å². The third-order valence-corrected chi connectivity index (χ3v) is 7.85. The van der Waals surface area contributed by atoms with Gasteiger partial charge in [0, 0.05) is 46.8 Å². The Bertz CT molecular complexity index is 1330. The third-order valence-electron chi connectivity index (χ3n) is 6.74. The van der Waals surface area contributed by atoms with Crippen LogP contribution < -0.4 is 10.6 Å². The van der Waals surface area contributed by atoms with Gasteiger partial charge in [-0.25, -0.2) is 0 Å². The first-order valence-electron chi connectivity index (χ1n) is 13.3. The van der Waals surface area contributed by atoms with E-state index in [0.29, 0.717) is 11.4 Å². The molecule has 1 heterocycles. The third kappa shape index (κ3) is 8.64. The van der Waals surface area contributed by atoms with Gasteiger partial charge in [0.05, 0.1) is 25.2 Å². The van der Waals surface area contributed by atoms with Crippen LogP contribution in [0, 0.1) is 5.92 Å². The maximum atomic E-state index is 12.0. The molecule has 41 heavy (non-hydrogen) atoms. The van der Waals surface area contributed by atoms with Crippen LogP contribution in [-0.4, -0.2) is 39.9 Å². The van der Waals surface area contributed by atoms with E-state index in [4.69, 9.17) is 14.6 Å². The quantitative estimate of drug-likeness (QED) is 0.219. The molecule has 1 aliphatic heterocycles. The van der Waals surface area contributed by atoms with Gasteiger partial charge in [-0.05, 0) is 47.5 Å². The number of benzene rings is 3. The van der Waals surface area contributed by atoms with E-state index >= 15 is 0 Å². The molecule has 10 heteroatoms.